The highest BCUT2D eigenvalue weighted by molar-refractivity contribution is 9.10. The average molecular weight is 273 g/mol. The van der Waals surface area contributed by atoms with Crippen LogP contribution in [0.4, 0.5) is 0 Å². The van der Waals surface area contributed by atoms with Crippen LogP contribution in [-0.4, -0.2) is 18.7 Å². The fourth-order valence-electron chi connectivity index (χ4n) is 1.02. The zero-order valence-corrected chi connectivity index (χ0v) is 10.3. The lowest BCUT2D eigenvalue weighted by atomic mass is 10.3. The fourth-order valence-corrected chi connectivity index (χ4v) is 1.28. The van der Waals surface area contributed by atoms with Crippen molar-refractivity contribution >= 4 is 21.9 Å². The van der Waals surface area contributed by atoms with Crippen molar-refractivity contribution < 1.29 is 14.3 Å². The monoisotopic (exact) mass is 272 g/mol. The second kappa shape index (κ2) is 5.88. The summed E-state index contributed by atoms with van der Waals surface area (Å²) >= 11 is 3.30. The Labute approximate surface area is 97.5 Å². The van der Waals surface area contributed by atoms with Crippen LogP contribution in [0.3, 0.4) is 0 Å². The number of halogens is 1. The van der Waals surface area contributed by atoms with Gasteiger partial charge in [0.15, 0.2) is 6.10 Å². The predicted octanol–water partition coefficient (Wildman–Crippen LogP) is 2.78. The van der Waals surface area contributed by atoms with E-state index < -0.39 is 6.10 Å². The third kappa shape index (κ3) is 4.01. The molecule has 0 aliphatic carbocycles. The van der Waals surface area contributed by atoms with Gasteiger partial charge in [0.05, 0.1) is 0 Å². The Balaban J connectivity index is 2.54. The fraction of sp³-hybridized carbons (Fsp3) is 0.364. The van der Waals surface area contributed by atoms with Crippen LogP contribution in [0.1, 0.15) is 13.8 Å². The van der Waals surface area contributed by atoms with Gasteiger partial charge in [0.25, 0.3) is 0 Å². The van der Waals surface area contributed by atoms with Crippen molar-refractivity contribution in [2.45, 2.75) is 20.0 Å². The van der Waals surface area contributed by atoms with E-state index in [4.69, 9.17) is 9.47 Å². The topological polar surface area (TPSA) is 35.5 Å². The van der Waals surface area contributed by atoms with Crippen LogP contribution in [0.5, 0.6) is 5.75 Å². The summed E-state index contributed by atoms with van der Waals surface area (Å²) in [5.41, 5.74) is 0. The molecule has 0 heterocycles. The van der Waals surface area contributed by atoms with E-state index in [1.165, 1.54) is 0 Å². The molecule has 0 saturated heterocycles. The van der Waals surface area contributed by atoms with Crippen molar-refractivity contribution in [2.24, 2.45) is 0 Å². The first kappa shape index (κ1) is 12.2. The predicted molar refractivity (Wildman–Crippen MR) is 60.9 cm³/mol. The molecule has 3 nitrogen and oxygen atoms in total. The Morgan fingerprint density at radius 1 is 1.40 bits per heavy atom. The Morgan fingerprint density at radius 3 is 2.53 bits per heavy atom. The highest BCUT2D eigenvalue weighted by Gasteiger charge is 2.14. The van der Waals surface area contributed by atoms with Crippen LogP contribution < -0.4 is 4.74 Å². The van der Waals surface area contributed by atoms with Gasteiger partial charge in [0.2, 0.25) is 0 Å². The number of benzene rings is 1. The number of carbonyl (C=O) groups excluding carboxylic acids is 1. The molecule has 0 radical (unpaired) electrons. The molecule has 0 aliphatic heterocycles. The Kier molecular flexibility index (Phi) is 4.78. The summed E-state index contributed by atoms with van der Waals surface area (Å²) in [6.45, 7) is 4.00. The molecule has 1 atom stereocenters. The molecule has 1 aromatic carbocycles. The molecular weight excluding hydrogens is 260 g/mol. The molecule has 4 heteroatoms. The number of carbonyl (C=O) groups is 1. The summed E-state index contributed by atoms with van der Waals surface area (Å²) in [4.78, 5) is 11.4. The average Bonchev–Trinajstić information content (AvgIpc) is 2.22. The number of ether oxygens (including phenoxy) is 2. The summed E-state index contributed by atoms with van der Waals surface area (Å²) in [6, 6.07) is 7.07. The van der Waals surface area contributed by atoms with Gasteiger partial charge in [-0.2, -0.15) is 0 Å². The van der Waals surface area contributed by atoms with Crippen LogP contribution in [0.25, 0.3) is 0 Å². The van der Waals surface area contributed by atoms with Gasteiger partial charge < -0.3 is 9.47 Å². The molecule has 0 amide bonds. The lowest BCUT2D eigenvalue weighted by Gasteiger charge is -2.10. The largest absolute Gasteiger partial charge is 0.425 e. The minimum absolute atomic E-state index is 0.376. The van der Waals surface area contributed by atoms with Crippen molar-refractivity contribution in [1.82, 2.24) is 0 Å². The van der Waals surface area contributed by atoms with Gasteiger partial charge in [-0.3, -0.25) is 0 Å². The van der Waals surface area contributed by atoms with Crippen LogP contribution >= 0.6 is 15.9 Å². The zero-order chi connectivity index (χ0) is 11.3. The number of esters is 1. The molecule has 0 aromatic heterocycles. The van der Waals surface area contributed by atoms with E-state index in [1.54, 1.807) is 19.1 Å². The summed E-state index contributed by atoms with van der Waals surface area (Å²) in [5.74, 6) is 0.147. The molecule has 82 valence electrons. The first-order chi connectivity index (χ1) is 7.13. The van der Waals surface area contributed by atoms with Crippen molar-refractivity contribution in [2.75, 3.05) is 6.61 Å². The lowest BCUT2D eigenvalue weighted by Crippen LogP contribution is -2.25. The molecule has 1 unspecified atom stereocenters. The smallest absolute Gasteiger partial charge is 0.340 e. The molecule has 0 spiro atoms. The van der Waals surface area contributed by atoms with Crippen molar-refractivity contribution in [3.05, 3.63) is 28.7 Å². The van der Waals surface area contributed by atoms with E-state index in [0.29, 0.717) is 12.4 Å². The summed E-state index contributed by atoms with van der Waals surface area (Å²) in [7, 11) is 0. The molecule has 0 saturated carbocycles. The van der Waals surface area contributed by atoms with Crippen LogP contribution in [-0.2, 0) is 9.53 Å². The Morgan fingerprint density at radius 2 is 2.00 bits per heavy atom. The second-order valence-electron chi connectivity index (χ2n) is 2.97. The van der Waals surface area contributed by atoms with Gasteiger partial charge in [-0.25, -0.2) is 4.79 Å². The quantitative estimate of drug-likeness (QED) is 0.625. The zero-order valence-electron chi connectivity index (χ0n) is 8.70. The van der Waals surface area contributed by atoms with Crippen LogP contribution in [0.2, 0.25) is 0 Å². The van der Waals surface area contributed by atoms with E-state index >= 15 is 0 Å². The van der Waals surface area contributed by atoms with Gasteiger partial charge >= 0.3 is 5.97 Å². The normalized spacial score (nSPS) is 12.2. The van der Waals surface area contributed by atoms with Crippen molar-refractivity contribution in [3.8, 4) is 5.75 Å². The van der Waals surface area contributed by atoms with E-state index in [1.807, 2.05) is 19.1 Å². The molecule has 1 rings (SSSR count). The van der Waals surface area contributed by atoms with E-state index in [0.717, 1.165) is 4.47 Å². The van der Waals surface area contributed by atoms with Gasteiger partial charge in [-0.1, -0.05) is 15.9 Å². The van der Waals surface area contributed by atoms with Crippen molar-refractivity contribution in [3.63, 3.8) is 0 Å². The van der Waals surface area contributed by atoms with E-state index in [-0.39, 0.29) is 5.97 Å². The summed E-state index contributed by atoms with van der Waals surface area (Å²) in [5, 5.41) is 0. The molecule has 0 bridgehead atoms. The van der Waals surface area contributed by atoms with E-state index in [2.05, 4.69) is 15.9 Å². The maximum Gasteiger partial charge on any atom is 0.340 e. The molecule has 0 aliphatic rings. The third-order valence-electron chi connectivity index (χ3n) is 1.78. The number of hydrogen-bond acceptors (Lipinski definition) is 3. The number of hydrogen-bond donors (Lipinski definition) is 0. The number of rotatable bonds is 4. The first-order valence-corrected chi connectivity index (χ1v) is 5.51. The highest BCUT2D eigenvalue weighted by Crippen LogP contribution is 2.16. The molecular formula is C11H13BrO3. The molecule has 0 fully saturated rings. The van der Waals surface area contributed by atoms with Crippen LogP contribution in [0, 0.1) is 0 Å². The maximum absolute atomic E-state index is 11.4. The Hall–Kier alpha value is -0.870. The minimum atomic E-state index is -0.529. The third-order valence-corrected chi connectivity index (χ3v) is 2.31. The standard InChI is InChI=1S/C11H13BrO3/c1-3-14-8(2)11(13)15-10-6-4-9(12)5-7-10/h4-8H,3H2,1-2H3. The minimum Gasteiger partial charge on any atom is -0.425 e. The lowest BCUT2D eigenvalue weighted by molar-refractivity contribution is -0.145. The van der Waals surface area contributed by atoms with E-state index in [9.17, 15) is 4.79 Å². The van der Waals surface area contributed by atoms with Gasteiger partial charge in [0.1, 0.15) is 5.75 Å². The molecule has 0 N–H and O–H groups in total. The molecule has 15 heavy (non-hydrogen) atoms. The van der Waals surface area contributed by atoms with Crippen LogP contribution in [0.15, 0.2) is 28.7 Å². The SMILES string of the molecule is CCOC(C)C(=O)Oc1ccc(Br)cc1. The van der Waals surface area contributed by atoms with Gasteiger partial charge in [-0.05, 0) is 38.1 Å². The summed E-state index contributed by atoms with van der Waals surface area (Å²) in [6.07, 6.45) is -0.529. The Bertz CT molecular complexity index is 321. The molecule has 1 aromatic rings. The van der Waals surface area contributed by atoms with Gasteiger partial charge in [0, 0.05) is 11.1 Å². The van der Waals surface area contributed by atoms with Crippen molar-refractivity contribution in [1.29, 1.82) is 0 Å². The maximum atomic E-state index is 11.4. The highest BCUT2D eigenvalue weighted by atomic mass is 79.9. The first-order valence-electron chi connectivity index (χ1n) is 4.72. The second-order valence-corrected chi connectivity index (χ2v) is 3.89. The summed E-state index contributed by atoms with van der Waals surface area (Å²) < 4.78 is 11.2. The van der Waals surface area contributed by atoms with Gasteiger partial charge in [-0.15, -0.1) is 0 Å².